The Labute approximate surface area is 60.9 Å². The number of nitrogens with zero attached hydrogens (tertiary/aromatic N) is 1. The van der Waals surface area contributed by atoms with Crippen LogP contribution in [0.2, 0.25) is 0 Å². The molecule has 0 unspecified atom stereocenters. The maximum absolute atomic E-state index is 4.16. The third-order valence-electron chi connectivity index (χ3n) is 1.55. The van der Waals surface area contributed by atoms with E-state index in [1.807, 2.05) is 14.0 Å². The lowest BCUT2D eigenvalue weighted by atomic mass is 10.2. The molecule has 0 fully saturated rings. The van der Waals surface area contributed by atoms with Crippen molar-refractivity contribution in [1.82, 2.24) is 15.3 Å². The van der Waals surface area contributed by atoms with Gasteiger partial charge in [-0.2, -0.15) is 0 Å². The predicted octanol–water partition coefficient (Wildman–Crippen LogP) is 0.480. The normalized spacial score (nSPS) is 10.2. The van der Waals surface area contributed by atoms with Gasteiger partial charge in [-0.1, -0.05) is 0 Å². The van der Waals surface area contributed by atoms with E-state index < -0.39 is 0 Å². The number of likely N-dealkylation sites (N-methyl/N-ethyl adjacent to an activating group) is 1. The molecule has 1 heterocycles. The first-order valence-corrected chi connectivity index (χ1v) is 3.48. The minimum atomic E-state index is 0.992. The molecule has 0 aliphatic rings. The van der Waals surface area contributed by atoms with E-state index in [-0.39, 0.29) is 0 Å². The number of aromatic amines is 1. The number of hydrogen-bond donors (Lipinski definition) is 2. The molecule has 2 N–H and O–H groups in total. The Balaban J connectivity index is 2.49. The Bertz CT molecular complexity index is 192. The molecule has 0 bridgehead atoms. The largest absolute Gasteiger partial charge is 0.348 e. The summed E-state index contributed by atoms with van der Waals surface area (Å²) in [4.78, 5) is 7.20. The van der Waals surface area contributed by atoms with E-state index in [1.165, 1.54) is 5.69 Å². The molecule has 3 heteroatoms. The van der Waals surface area contributed by atoms with Crippen LogP contribution in [0.4, 0.5) is 0 Å². The highest BCUT2D eigenvalue weighted by molar-refractivity contribution is 5.08. The maximum atomic E-state index is 4.16. The summed E-state index contributed by atoms with van der Waals surface area (Å²) in [7, 11) is 1.95. The van der Waals surface area contributed by atoms with Gasteiger partial charge in [0, 0.05) is 18.7 Å². The first-order valence-electron chi connectivity index (χ1n) is 3.48. The minimum absolute atomic E-state index is 0.992. The number of imidazole rings is 1. The van der Waals surface area contributed by atoms with Gasteiger partial charge in [0.05, 0.1) is 12.0 Å². The van der Waals surface area contributed by atoms with Gasteiger partial charge in [0.1, 0.15) is 0 Å². The van der Waals surface area contributed by atoms with Gasteiger partial charge >= 0.3 is 0 Å². The van der Waals surface area contributed by atoms with Crippen LogP contribution in [-0.2, 0) is 6.42 Å². The number of aromatic nitrogens is 2. The van der Waals surface area contributed by atoms with E-state index in [2.05, 4.69) is 15.3 Å². The summed E-state index contributed by atoms with van der Waals surface area (Å²) in [5.41, 5.74) is 2.34. The number of rotatable bonds is 3. The Kier molecular flexibility index (Phi) is 2.45. The molecule has 0 saturated carbocycles. The van der Waals surface area contributed by atoms with Crippen molar-refractivity contribution in [1.29, 1.82) is 0 Å². The quantitative estimate of drug-likeness (QED) is 0.639. The lowest BCUT2D eigenvalue weighted by Gasteiger charge is -1.95. The van der Waals surface area contributed by atoms with Crippen molar-refractivity contribution in [2.75, 3.05) is 13.6 Å². The second kappa shape index (κ2) is 3.37. The SMILES string of the molecule is CNCCc1nc[nH]c1C. The van der Waals surface area contributed by atoms with Gasteiger partial charge in [-0.3, -0.25) is 0 Å². The zero-order chi connectivity index (χ0) is 7.40. The number of H-pyrrole nitrogens is 1. The molecule has 0 saturated heterocycles. The van der Waals surface area contributed by atoms with Crippen molar-refractivity contribution < 1.29 is 0 Å². The molecule has 0 aromatic carbocycles. The Hall–Kier alpha value is -0.830. The minimum Gasteiger partial charge on any atom is -0.348 e. The van der Waals surface area contributed by atoms with Gasteiger partial charge < -0.3 is 10.3 Å². The lowest BCUT2D eigenvalue weighted by molar-refractivity contribution is 0.776. The van der Waals surface area contributed by atoms with Crippen LogP contribution in [0.25, 0.3) is 0 Å². The van der Waals surface area contributed by atoms with Gasteiger partial charge in [0.25, 0.3) is 0 Å². The molecule has 10 heavy (non-hydrogen) atoms. The van der Waals surface area contributed by atoms with Crippen LogP contribution in [-0.4, -0.2) is 23.6 Å². The third kappa shape index (κ3) is 1.57. The van der Waals surface area contributed by atoms with Crippen LogP contribution in [0.3, 0.4) is 0 Å². The van der Waals surface area contributed by atoms with Crippen molar-refractivity contribution >= 4 is 0 Å². The van der Waals surface area contributed by atoms with Gasteiger partial charge in [0.15, 0.2) is 0 Å². The average molecular weight is 139 g/mol. The van der Waals surface area contributed by atoms with Crippen molar-refractivity contribution in [3.63, 3.8) is 0 Å². The van der Waals surface area contributed by atoms with Crippen molar-refractivity contribution in [3.05, 3.63) is 17.7 Å². The molecule has 0 amide bonds. The van der Waals surface area contributed by atoms with E-state index in [0.717, 1.165) is 18.7 Å². The van der Waals surface area contributed by atoms with E-state index in [9.17, 15) is 0 Å². The standard InChI is InChI=1S/C7H13N3/c1-6-7(3-4-8-2)10-5-9-6/h5,8H,3-4H2,1-2H3,(H,9,10). The Morgan fingerprint density at radius 2 is 2.50 bits per heavy atom. The molecule has 1 aromatic heterocycles. The molecular formula is C7H13N3. The predicted molar refractivity (Wildman–Crippen MR) is 41.0 cm³/mol. The van der Waals surface area contributed by atoms with Gasteiger partial charge in [-0.05, 0) is 14.0 Å². The summed E-state index contributed by atoms with van der Waals surface area (Å²) in [6.07, 6.45) is 2.74. The van der Waals surface area contributed by atoms with Crippen LogP contribution in [0.1, 0.15) is 11.4 Å². The summed E-state index contributed by atoms with van der Waals surface area (Å²) in [6.45, 7) is 3.03. The van der Waals surface area contributed by atoms with Crippen LogP contribution in [0.15, 0.2) is 6.33 Å². The molecule has 1 rings (SSSR count). The number of hydrogen-bond acceptors (Lipinski definition) is 2. The summed E-state index contributed by atoms with van der Waals surface area (Å²) in [6, 6.07) is 0. The van der Waals surface area contributed by atoms with E-state index in [4.69, 9.17) is 0 Å². The van der Waals surface area contributed by atoms with Crippen molar-refractivity contribution in [3.8, 4) is 0 Å². The zero-order valence-corrected chi connectivity index (χ0v) is 6.44. The second-order valence-corrected chi connectivity index (χ2v) is 2.33. The van der Waals surface area contributed by atoms with Crippen LogP contribution >= 0.6 is 0 Å². The molecule has 0 spiro atoms. The fourth-order valence-corrected chi connectivity index (χ4v) is 0.883. The third-order valence-corrected chi connectivity index (χ3v) is 1.55. The average Bonchev–Trinajstić information content (AvgIpc) is 2.31. The highest BCUT2D eigenvalue weighted by Crippen LogP contribution is 1.99. The number of aryl methyl sites for hydroxylation is 1. The van der Waals surface area contributed by atoms with Crippen LogP contribution in [0, 0.1) is 6.92 Å². The number of nitrogens with one attached hydrogen (secondary N) is 2. The molecule has 0 aliphatic carbocycles. The Morgan fingerprint density at radius 3 is 3.00 bits per heavy atom. The van der Waals surface area contributed by atoms with Gasteiger partial charge in [0.2, 0.25) is 0 Å². The highest BCUT2D eigenvalue weighted by Gasteiger charge is 1.97. The van der Waals surface area contributed by atoms with E-state index in [1.54, 1.807) is 6.33 Å². The second-order valence-electron chi connectivity index (χ2n) is 2.33. The van der Waals surface area contributed by atoms with Gasteiger partial charge in [-0.15, -0.1) is 0 Å². The van der Waals surface area contributed by atoms with Gasteiger partial charge in [-0.25, -0.2) is 4.98 Å². The first-order chi connectivity index (χ1) is 4.84. The zero-order valence-electron chi connectivity index (χ0n) is 6.44. The summed E-state index contributed by atoms with van der Waals surface area (Å²) >= 11 is 0. The molecule has 0 radical (unpaired) electrons. The summed E-state index contributed by atoms with van der Waals surface area (Å²) in [5, 5.41) is 3.08. The first kappa shape index (κ1) is 7.28. The molecule has 56 valence electrons. The topological polar surface area (TPSA) is 40.7 Å². The fraction of sp³-hybridized carbons (Fsp3) is 0.571. The maximum Gasteiger partial charge on any atom is 0.0925 e. The lowest BCUT2D eigenvalue weighted by Crippen LogP contribution is -2.10. The van der Waals surface area contributed by atoms with Crippen LogP contribution < -0.4 is 5.32 Å². The highest BCUT2D eigenvalue weighted by atomic mass is 14.9. The Morgan fingerprint density at radius 1 is 1.70 bits per heavy atom. The van der Waals surface area contributed by atoms with Crippen LogP contribution in [0.5, 0.6) is 0 Å². The smallest absolute Gasteiger partial charge is 0.0925 e. The monoisotopic (exact) mass is 139 g/mol. The molecular weight excluding hydrogens is 126 g/mol. The molecule has 0 atom stereocenters. The van der Waals surface area contributed by atoms with E-state index >= 15 is 0 Å². The van der Waals surface area contributed by atoms with Crippen molar-refractivity contribution in [2.24, 2.45) is 0 Å². The molecule has 1 aromatic rings. The summed E-state index contributed by atoms with van der Waals surface area (Å²) in [5.74, 6) is 0. The fourth-order valence-electron chi connectivity index (χ4n) is 0.883. The van der Waals surface area contributed by atoms with Crippen molar-refractivity contribution in [2.45, 2.75) is 13.3 Å². The summed E-state index contributed by atoms with van der Waals surface area (Å²) < 4.78 is 0. The molecule has 3 nitrogen and oxygen atoms in total. The van der Waals surface area contributed by atoms with E-state index in [0.29, 0.717) is 0 Å². The molecule has 0 aliphatic heterocycles.